The van der Waals surface area contributed by atoms with Gasteiger partial charge in [-0.1, -0.05) is 45.9 Å². The molecule has 132 valence electrons. The van der Waals surface area contributed by atoms with E-state index in [1.54, 1.807) is 12.4 Å². The maximum Gasteiger partial charge on any atom is 0.137 e. The molecule has 0 radical (unpaired) electrons. The topological polar surface area (TPSA) is 31.4 Å². The maximum absolute atomic E-state index is 5.68. The number of nitrogens with zero attached hydrogens (tertiary/aromatic N) is 1. The van der Waals surface area contributed by atoms with E-state index in [-0.39, 0.29) is 12.2 Å². The zero-order valence-corrected chi connectivity index (χ0v) is 15.8. The largest absolute Gasteiger partial charge is 0.490 e. The van der Waals surface area contributed by atoms with Gasteiger partial charge in [-0.05, 0) is 49.9 Å². The molecule has 0 aliphatic carbocycles. The zero-order chi connectivity index (χ0) is 17.9. The van der Waals surface area contributed by atoms with E-state index in [0.29, 0.717) is 11.8 Å². The molecule has 2 unspecified atom stereocenters. The lowest BCUT2D eigenvalue weighted by atomic mass is 10.1. The summed E-state index contributed by atoms with van der Waals surface area (Å²) in [5.74, 6) is 2.90. The third kappa shape index (κ3) is 8.00. The van der Waals surface area contributed by atoms with Gasteiger partial charge in [0.05, 0.1) is 18.4 Å². The Labute approximate surface area is 147 Å². The van der Waals surface area contributed by atoms with Crippen LogP contribution in [-0.2, 0) is 0 Å². The van der Waals surface area contributed by atoms with Crippen LogP contribution in [0.1, 0.15) is 41.5 Å². The van der Waals surface area contributed by atoms with Gasteiger partial charge in [-0.2, -0.15) is 0 Å². The molecule has 2 rings (SSSR count). The molecule has 1 heterocycles. The average molecular weight is 329 g/mol. The van der Waals surface area contributed by atoms with Crippen LogP contribution in [0.2, 0.25) is 0 Å². The van der Waals surface area contributed by atoms with E-state index in [4.69, 9.17) is 9.47 Å². The normalized spacial score (nSPS) is 13.0. The van der Waals surface area contributed by atoms with E-state index < -0.39 is 0 Å². The predicted molar refractivity (Wildman–Crippen MR) is 101 cm³/mol. The molecular weight excluding hydrogens is 298 g/mol. The molecule has 2 aromatic rings. The summed E-state index contributed by atoms with van der Waals surface area (Å²) < 4.78 is 11.3. The van der Waals surface area contributed by atoms with Crippen molar-refractivity contribution < 1.29 is 9.47 Å². The Morgan fingerprint density at radius 1 is 0.667 bits per heavy atom. The number of hydrogen-bond donors (Lipinski definition) is 0. The highest BCUT2D eigenvalue weighted by Gasteiger charge is 2.08. The number of hydrogen-bond acceptors (Lipinski definition) is 3. The van der Waals surface area contributed by atoms with Crippen LogP contribution < -0.4 is 9.47 Å². The second-order valence-electron chi connectivity index (χ2n) is 6.64. The SMILES string of the molecule is CC(C)C(C)Oc1ccccc1.CC(C)C(C)Oc1cccnc1. The predicted octanol–water partition coefficient (Wildman–Crippen LogP) is 5.61. The Kier molecular flexibility index (Phi) is 8.92. The van der Waals surface area contributed by atoms with Crippen molar-refractivity contribution in [3.63, 3.8) is 0 Å². The van der Waals surface area contributed by atoms with Crippen molar-refractivity contribution >= 4 is 0 Å². The Balaban J connectivity index is 0.000000240. The summed E-state index contributed by atoms with van der Waals surface area (Å²) in [6.07, 6.45) is 4.01. The van der Waals surface area contributed by atoms with E-state index in [1.165, 1.54) is 0 Å². The van der Waals surface area contributed by atoms with Gasteiger partial charge in [0.15, 0.2) is 0 Å². The maximum atomic E-state index is 5.68. The van der Waals surface area contributed by atoms with Crippen LogP contribution in [-0.4, -0.2) is 17.2 Å². The first-order valence-corrected chi connectivity index (χ1v) is 8.68. The minimum Gasteiger partial charge on any atom is -0.490 e. The van der Waals surface area contributed by atoms with Crippen LogP contribution in [0.15, 0.2) is 54.9 Å². The number of rotatable bonds is 6. The Morgan fingerprint density at radius 3 is 1.62 bits per heavy atom. The Bertz CT molecular complexity index is 489. The first kappa shape index (κ1) is 20.0. The van der Waals surface area contributed by atoms with Crippen molar-refractivity contribution in [1.82, 2.24) is 4.98 Å². The van der Waals surface area contributed by atoms with Gasteiger partial charge in [-0.15, -0.1) is 0 Å². The summed E-state index contributed by atoms with van der Waals surface area (Å²) in [7, 11) is 0. The smallest absolute Gasteiger partial charge is 0.137 e. The van der Waals surface area contributed by atoms with Gasteiger partial charge in [0.25, 0.3) is 0 Å². The van der Waals surface area contributed by atoms with Crippen LogP contribution in [0.5, 0.6) is 11.5 Å². The van der Waals surface area contributed by atoms with E-state index in [9.17, 15) is 0 Å². The summed E-state index contributed by atoms with van der Waals surface area (Å²) in [6.45, 7) is 12.8. The van der Waals surface area contributed by atoms with Crippen molar-refractivity contribution in [1.29, 1.82) is 0 Å². The van der Waals surface area contributed by atoms with Crippen molar-refractivity contribution in [3.8, 4) is 11.5 Å². The molecule has 0 aliphatic rings. The third-order valence-electron chi connectivity index (χ3n) is 3.90. The number of pyridine rings is 1. The fourth-order valence-corrected chi connectivity index (χ4v) is 1.62. The third-order valence-corrected chi connectivity index (χ3v) is 3.90. The van der Waals surface area contributed by atoms with E-state index in [1.807, 2.05) is 42.5 Å². The second-order valence-corrected chi connectivity index (χ2v) is 6.64. The average Bonchev–Trinajstić information content (AvgIpc) is 2.57. The van der Waals surface area contributed by atoms with Gasteiger partial charge < -0.3 is 9.47 Å². The van der Waals surface area contributed by atoms with Gasteiger partial charge in [0.1, 0.15) is 11.5 Å². The van der Waals surface area contributed by atoms with E-state index in [2.05, 4.69) is 46.5 Å². The monoisotopic (exact) mass is 329 g/mol. The van der Waals surface area contributed by atoms with Gasteiger partial charge >= 0.3 is 0 Å². The molecule has 3 nitrogen and oxygen atoms in total. The molecule has 3 heteroatoms. The molecule has 0 aliphatic heterocycles. The highest BCUT2D eigenvalue weighted by atomic mass is 16.5. The molecule has 0 fully saturated rings. The van der Waals surface area contributed by atoms with Crippen LogP contribution in [0.4, 0.5) is 0 Å². The highest BCUT2D eigenvalue weighted by Crippen LogP contribution is 2.14. The van der Waals surface area contributed by atoms with Crippen LogP contribution in [0, 0.1) is 11.8 Å². The fourth-order valence-electron chi connectivity index (χ4n) is 1.62. The minimum atomic E-state index is 0.245. The molecular formula is C21H31NO2. The van der Waals surface area contributed by atoms with Crippen LogP contribution in [0.25, 0.3) is 0 Å². The number of aromatic nitrogens is 1. The number of para-hydroxylation sites is 1. The molecule has 1 aromatic carbocycles. The Hall–Kier alpha value is -2.03. The van der Waals surface area contributed by atoms with Crippen LogP contribution in [0.3, 0.4) is 0 Å². The molecule has 0 spiro atoms. The first-order valence-electron chi connectivity index (χ1n) is 8.68. The molecule has 0 bridgehead atoms. The lowest BCUT2D eigenvalue weighted by Gasteiger charge is -2.17. The Morgan fingerprint density at radius 2 is 1.17 bits per heavy atom. The number of ether oxygens (including phenoxy) is 2. The molecule has 2 atom stereocenters. The van der Waals surface area contributed by atoms with Gasteiger partial charge in [0.2, 0.25) is 0 Å². The van der Waals surface area contributed by atoms with Gasteiger partial charge in [-0.25, -0.2) is 0 Å². The fraction of sp³-hybridized carbons (Fsp3) is 0.476. The molecule has 24 heavy (non-hydrogen) atoms. The minimum absolute atomic E-state index is 0.245. The van der Waals surface area contributed by atoms with Crippen molar-refractivity contribution in [2.45, 2.75) is 53.8 Å². The molecule has 0 saturated heterocycles. The summed E-state index contributed by atoms with van der Waals surface area (Å²) in [5.41, 5.74) is 0. The van der Waals surface area contributed by atoms with E-state index >= 15 is 0 Å². The van der Waals surface area contributed by atoms with E-state index in [0.717, 1.165) is 11.5 Å². The first-order chi connectivity index (χ1) is 11.4. The van der Waals surface area contributed by atoms with Crippen molar-refractivity contribution in [2.24, 2.45) is 11.8 Å². The standard InChI is InChI=1S/C11H16O.C10H15NO/c1-9(2)10(3)12-11-7-5-4-6-8-11;1-8(2)9(3)12-10-5-4-6-11-7-10/h4-10H,1-3H3;4-9H,1-3H3. The molecule has 0 amide bonds. The molecule has 0 saturated carbocycles. The highest BCUT2D eigenvalue weighted by molar-refractivity contribution is 5.21. The molecule has 0 N–H and O–H groups in total. The summed E-state index contributed by atoms with van der Waals surface area (Å²) in [6, 6.07) is 13.7. The summed E-state index contributed by atoms with van der Waals surface area (Å²) in [5, 5.41) is 0. The van der Waals surface area contributed by atoms with Gasteiger partial charge in [-0.3, -0.25) is 4.98 Å². The zero-order valence-electron chi connectivity index (χ0n) is 15.8. The molecule has 1 aromatic heterocycles. The van der Waals surface area contributed by atoms with Crippen molar-refractivity contribution in [3.05, 3.63) is 54.9 Å². The number of benzene rings is 1. The lowest BCUT2D eigenvalue weighted by molar-refractivity contribution is 0.170. The summed E-state index contributed by atoms with van der Waals surface area (Å²) in [4.78, 5) is 3.97. The van der Waals surface area contributed by atoms with Gasteiger partial charge in [0, 0.05) is 6.20 Å². The lowest BCUT2D eigenvalue weighted by Crippen LogP contribution is -2.18. The van der Waals surface area contributed by atoms with Crippen molar-refractivity contribution in [2.75, 3.05) is 0 Å². The second kappa shape index (κ2) is 10.7. The quantitative estimate of drug-likeness (QED) is 0.690. The summed E-state index contributed by atoms with van der Waals surface area (Å²) >= 11 is 0. The van der Waals surface area contributed by atoms with Crippen LogP contribution >= 0.6 is 0 Å².